The third-order valence-electron chi connectivity index (χ3n) is 5.69. The molecule has 0 aliphatic carbocycles. The summed E-state index contributed by atoms with van der Waals surface area (Å²) < 4.78 is 18.1. The second-order valence-electron chi connectivity index (χ2n) is 7.66. The van der Waals surface area contributed by atoms with Gasteiger partial charge in [0.1, 0.15) is 23.1 Å². The second-order valence-corrected chi connectivity index (χ2v) is 7.66. The Hall–Kier alpha value is -4.38. The van der Waals surface area contributed by atoms with E-state index in [0.29, 0.717) is 40.6 Å². The summed E-state index contributed by atoms with van der Waals surface area (Å²) in [6.45, 7) is 2.29. The fourth-order valence-corrected chi connectivity index (χ4v) is 4.10. The number of aromatic nitrogens is 1. The minimum absolute atomic E-state index is 0.0367. The number of aryl methyl sites for hydroxylation is 1. The van der Waals surface area contributed by atoms with Crippen molar-refractivity contribution in [1.29, 1.82) is 5.26 Å². The van der Waals surface area contributed by atoms with Gasteiger partial charge >= 0.3 is 0 Å². The highest BCUT2D eigenvalue weighted by molar-refractivity contribution is 5.55. The molecule has 1 aromatic heterocycles. The molecule has 0 saturated heterocycles. The molecule has 0 fully saturated rings. The van der Waals surface area contributed by atoms with E-state index in [4.69, 9.17) is 19.9 Å². The Morgan fingerprint density at radius 3 is 2.62 bits per heavy atom. The van der Waals surface area contributed by atoms with Crippen molar-refractivity contribution < 1.29 is 19.3 Å². The molecule has 0 spiro atoms. The van der Waals surface area contributed by atoms with Crippen LogP contribution in [0.15, 0.2) is 64.8 Å². The lowest BCUT2D eigenvalue weighted by Crippen LogP contribution is -2.33. The molecule has 0 unspecified atom stereocenters. The van der Waals surface area contributed by atoms with E-state index in [9.17, 15) is 15.2 Å². The minimum atomic E-state index is -0.708. The maximum absolute atomic E-state index is 13.7. The van der Waals surface area contributed by atoms with Crippen LogP contribution in [0.25, 0.3) is 0 Å². The van der Waals surface area contributed by atoms with E-state index >= 15 is 0 Å². The molecule has 3 heterocycles. The van der Waals surface area contributed by atoms with Crippen LogP contribution in [-0.4, -0.2) is 16.5 Å². The Bertz CT molecular complexity index is 1370. The Morgan fingerprint density at radius 1 is 1.12 bits per heavy atom. The molecule has 32 heavy (non-hydrogen) atoms. The predicted molar refractivity (Wildman–Crippen MR) is 115 cm³/mol. The first-order valence-electron chi connectivity index (χ1n) is 9.95. The number of aromatic hydroxyl groups is 1. The fourth-order valence-electron chi connectivity index (χ4n) is 4.10. The van der Waals surface area contributed by atoms with Crippen LogP contribution in [0, 0.1) is 18.3 Å². The summed E-state index contributed by atoms with van der Waals surface area (Å²) in [5, 5.41) is 19.4. The number of nitrogens with two attached hydrogens (primary N) is 1. The number of ether oxygens (including phenoxy) is 3. The van der Waals surface area contributed by atoms with Gasteiger partial charge in [-0.1, -0.05) is 18.2 Å². The maximum Gasteiger partial charge on any atom is 0.259 e. The van der Waals surface area contributed by atoms with Gasteiger partial charge in [0.05, 0.1) is 18.0 Å². The Labute approximate surface area is 183 Å². The van der Waals surface area contributed by atoms with Crippen molar-refractivity contribution in [2.24, 2.45) is 5.73 Å². The molecule has 0 amide bonds. The van der Waals surface area contributed by atoms with Crippen molar-refractivity contribution in [3.8, 4) is 29.1 Å². The molecule has 8 nitrogen and oxygen atoms in total. The highest BCUT2D eigenvalue weighted by Crippen LogP contribution is 2.41. The molecule has 1 atom stereocenters. The molecule has 0 saturated carbocycles. The summed E-state index contributed by atoms with van der Waals surface area (Å²) in [6.07, 6.45) is 0. The number of nitrogens with zero attached hydrogens (tertiary/aromatic N) is 2. The average Bonchev–Trinajstić information content (AvgIpc) is 3.24. The number of hydrogen-bond acceptors (Lipinski definition) is 7. The Morgan fingerprint density at radius 2 is 1.88 bits per heavy atom. The number of nitriles is 1. The monoisotopic (exact) mass is 429 g/mol. The topological polar surface area (TPSA) is 120 Å². The molecule has 2 aliphatic rings. The Kier molecular flexibility index (Phi) is 4.52. The Balaban J connectivity index is 1.65. The van der Waals surface area contributed by atoms with Crippen LogP contribution in [0.1, 0.15) is 28.3 Å². The summed E-state index contributed by atoms with van der Waals surface area (Å²) in [5.74, 6) is 0.970. The second kappa shape index (κ2) is 7.39. The molecule has 5 rings (SSSR count). The number of pyridine rings is 1. The van der Waals surface area contributed by atoms with Crippen LogP contribution in [0.4, 0.5) is 0 Å². The number of benzene rings is 2. The molecule has 3 N–H and O–H groups in total. The molecular formula is C24H19N3O5. The lowest BCUT2D eigenvalue weighted by atomic mass is 9.84. The van der Waals surface area contributed by atoms with Gasteiger partial charge in [0.15, 0.2) is 11.5 Å². The van der Waals surface area contributed by atoms with Gasteiger partial charge in [-0.25, -0.2) is 0 Å². The zero-order valence-electron chi connectivity index (χ0n) is 17.2. The SMILES string of the molecule is Cc1cc2c(c(=O)n1Cc1ccc3c(c1)OCO3)[C@H](c1ccc(O)cc1)C(C#N)=C(N)O2. The van der Waals surface area contributed by atoms with Gasteiger partial charge in [-0.3, -0.25) is 4.79 Å². The lowest BCUT2D eigenvalue weighted by Gasteiger charge is -2.27. The van der Waals surface area contributed by atoms with Gasteiger partial charge in [0.2, 0.25) is 12.7 Å². The van der Waals surface area contributed by atoms with E-state index in [1.165, 1.54) is 12.1 Å². The molecular weight excluding hydrogens is 410 g/mol. The molecule has 3 aromatic rings. The van der Waals surface area contributed by atoms with Gasteiger partial charge in [0.25, 0.3) is 5.56 Å². The number of hydrogen-bond donors (Lipinski definition) is 2. The average molecular weight is 429 g/mol. The van der Waals surface area contributed by atoms with Crippen molar-refractivity contribution in [3.63, 3.8) is 0 Å². The van der Waals surface area contributed by atoms with Gasteiger partial charge in [-0.15, -0.1) is 0 Å². The first-order chi connectivity index (χ1) is 15.5. The minimum Gasteiger partial charge on any atom is -0.508 e. The summed E-state index contributed by atoms with van der Waals surface area (Å²) >= 11 is 0. The summed E-state index contributed by atoms with van der Waals surface area (Å²) in [6, 6.07) is 15.7. The third-order valence-corrected chi connectivity index (χ3v) is 5.69. The predicted octanol–water partition coefficient (Wildman–Crippen LogP) is 2.86. The number of fused-ring (bicyclic) bond motifs is 2. The highest BCUT2D eigenvalue weighted by Gasteiger charge is 2.34. The molecule has 8 heteroatoms. The van der Waals surface area contributed by atoms with Crippen molar-refractivity contribution in [1.82, 2.24) is 4.57 Å². The van der Waals surface area contributed by atoms with Crippen LogP contribution in [0.2, 0.25) is 0 Å². The van der Waals surface area contributed by atoms with Crippen LogP contribution in [0.3, 0.4) is 0 Å². The molecule has 2 aromatic carbocycles. The normalized spacial score (nSPS) is 16.3. The first kappa shape index (κ1) is 19.6. The van der Waals surface area contributed by atoms with Crippen molar-refractivity contribution >= 4 is 0 Å². The number of phenols is 1. The number of rotatable bonds is 3. The van der Waals surface area contributed by atoms with Crippen molar-refractivity contribution in [2.45, 2.75) is 19.4 Å². The van der Waals surface area contributed by atoms with E-state index in [-0.39, 0.29) is 29.6 Å². The largest absolute Gasteiger partial charge is 0.508 e. The van der Waals surface area contributed by atoms with Gasteiger partial charge in [-0.2, -0.15) is 5.26 Å². The lowest BCUT2D eigenvalue weighted by molar-refractivity contribution is 0.174. The molecule has 0 bridgehead atoms. The standard InChI is InChI=1S/C24H19N3O5/c1-13-8-20-22(21(17(10-25)23(26)32-20)15-3-5-16(28)6-4-15)24(29)27(13)11-14-2-7-18-19(9-14)31-12-30-18/h2-9,21,28H,11-12,26H2,1H3/t21-/m1/s1. The molecule has 2 aliphatic heterocycles. The zero-order chi connectivity index (χ0) is 22.4. The quantitative estimate of drug-likeness (QED) is 0.657. The maximum atomic E-state index is 13.7. The van der Waals surface area contributed by atoms with Crippen molar-refractivity contribution in [3.05, 3.63) is 92.7 Å². The van der Waals surface area contributed by atoms with Crippen LogP contribution in [0.5, 0.6) is 23.0 Å². The molecule has 0 radical (unpaired) electrons. The summed E-state index contributed by atoms with van der Waals surface area (Å²) in [5.41, 5.74) is 8.43. The zero-order valence-corrected chi connectivity index (χ0v) is 17.2. The van der Waals surface area contributed by atoms with Crippen LogP contribution < -0.4 is 25.5 Å². The van der Waals surface area contributed by atoms with E-state index < -0.39 is 5.92 Å². The summed E-state index contributed by atoms with van der Waals surface area (Å²) in [7, 11) is 0. The smallest absolute Gasteiger partial charge is 0.259 e. The van der Waals surface area contributed by atoms with Gasteiger partial charge in [-0.05, 0) is 42.3 Å². The fraction of sp³-hybridized carbons (Fsp3) is 0.167. The van der Waals surface area contributed by atoms with E-state index in [2.05, 4.69) is 6.07 Å². The van der Waals surface area contributed by atoms with Crippen molar-refractivity contribution in [2.75, 3.05) is 6.79 Å². The van der Waals surface area contributed by atoms with Gasteiger partial charge < -0.3 is 29.6 Å². The number of phenolic OH excluding ortho intramolecular Hbond substituents is 1. The summed E-state index contributed by atoms with van der Waals surface area (Å²) in [4.78, 5) is 13.7. The number of allylic oxidation sites excluding steroid dienone is 1. The van der Waals surface area contributed by atoms with Gasteiger partial charge in [0, 0.05) is 11.8 Å². The van der Waals surface area contributed by atoms with Crippen LogP contribution >= 0.6 is 0 Å². The third kappa shape index (κ3) is 3.11. The highest BCUT2D eigenvalue weighted by atomic mass is 16.7. The van der Waals surface area contributed by atoms with E-state index in [1.54, 1.807) is 22.8 Å². The molecule has 160 valence electrons. The first-order valence-corrected chi connectivity index (χ1v) is 9.95. The van der Waals surface area contributed by atoms with E-state index in [1.807, 2.05) is 25.1 Å². The van der Waals surface area contributed by atoms with Crippen LogP contribution in [-0.2, 0) is 6.54 Å². The van der Waals surface area contributed by atoms with E-state index in [0.717, 1.165) is 5.56 Å².